The first-order valence-corrected chi connectivity index (χ1v) is 5.54. The molecule has 0 aliphatic rings. The molecular formula is C11H12ClF2NO3. The Kier molecular flexibility index (Phi) is 5.27. The maximum Gasteiger partial charge on any atom is 0.310 e. The van der Waals surface area contributed by atoms with E-state index in [1.807, 2.05) is 0 Å². The van der Waals surface area contributed by atoms with Crippen molar-refractivity contribution in [2.24, 2.45) is 0 Å². The van der Waals surface area contributed by atoms with E-state index in [9.17, 15) is 13.6 Å². The van der Waals surface area contributed by atoms with E-state index in [0.29, 0.717) is 0 Å². The molecule has 1 aromatic rings. The Bertz CT molecular complexity index is 441. The number of carbonyl (C=O) groups excluding carboxylic acids is 1. The summed E-state index contributed by atoms with van der Waals surface area (Å²) in [6, 6.07) is 0. The number of hydrogen-bond donors (Lipinski definition) is 0. The van der Waals surface area contributed by atoms with Crippen molar-refractivity contribution in [1.82, 2.24) is 4.98 Å². The van der Waals surface area contributed by atoms with E-state index < -0.39 is 18.0 Å². The van der Waals surface area contributed by atoms with E-state index in [1.54, 1.807) is 6.92 Å². The highest BCUT2D eigenvalue weighted by Gasteiger charge is 2.24. The van der Waals surface area contributed by atoms with Crippen molar-refractivity contribution in [2.75, 3.05) is 13.7 Å². The second kappa shape index (κ2) is 6.49. The van der Waals surface area contributed by atoms with Gasteiger partial charge in [-0.05, 0) is 6.92 Å². The molecule has 0 aliphatic carbocycles. The minimum Gasteiger partial charge on any atom is -0.481 e. The highest BCUT2D eigenvalue weighted by Crippen LogP contribution is 2.34. The first kappa shape index (κ1) is 14.6. The number of rotatable bonds is 5. The molecule has 0 aromatic carbocycles. The molecule has 0 bridgehead atoms. The Morgan fingerprint density at radius 3 is 2.72 bits per heavy atom. The van der Waals surface area contributed by atoms with Crippen molar-refractivity contribution in [3.8, 4) is 5.88 Å². The maximum absolute atomic E-state index is 12.9. The van der Waals surface area contributed by atoms with Crippen LogP contribution < -0.4 is 4.74 Å². The van der Waals surface area contributed by atoms with Gasteiger partial charge in [0.05, 0.1) is 31.4 Å². The number of methoxy groups -OCH3 is 1. The van der Waals surface area contributed by atoms with Crippen LogP contribution in [0.4, 0.5) is 8.78 Å². The van der Waals surface area contributed by atoms with E-state index in [4.69, 9.17) is 21.1 Å². The molecule has 1 rings (SSSR count). The average Bonchev–Trinajstić information content (AvgIpc) is 2.29. The van der Waals surface area contributed by atoms with Crippen molar-refractivity contribution < 1.29 is 23.0 Å². The summed E-state index contributed by atoms with van der Waals surface area (Å²) < 4.78 is 35.4. The van der Waals surface area contributed by atoms with E-state index in [0.717, 1.165) is 6.20 Å². The molecule has 18 heavy (non-hydrogen) atoms. The standard InChI is InChI=1S/C11H12ClF2NO3/c1-3-18-8(16)4-6-9(10(13)14)7(12)5-15-11(6)17-2/h5,10H,3-4H2,1-2H3. The predicted octanol–water partition coefficient (Wildman–Crippen LogP) is 2.79. The molecule has 0 atom stereocenters. The van der Waals surface area contributed by atoms with Gasteiger partial charge in [0, 0.05) is 11.1 Å². The van der Waals surface area contributed by atoms with Crippen LogP contribution in [0.1, 0.15) is 24.5 Å². The molecule has 0 saturated carbocycles. The number of alkyl halides is 2. The molecular weight excluding hydrogens is 268 g/mol. The predicted molar refractivity (Wildman–Crippen MR) is 61.1 cm³/mol. The fraction of sp³-hybridized carbons (Fsp3) is 0.455. The van der Waals surface area contributed by atoms with E-state index in [2.05, 4.69) is 4.98 Å². The van der Waals surface area contributed by atoms with Crippen molar-refractivity contribution >= 4 is 17.6 Å². The Balaban J connectivity index is 3.19. The molecule has 0 unspecified atom stereocenters. The van der Waals surface area contributed by atoms with Crippen LogP contribution in [0.2, 0.25) is 5.02 Å². The zero-order valence-electron chi connectivity index (χ0n) is 9.87. The van der Waals surface area contributed by atoms with Crippen molar-refractivity contribution in [2.45, 2.75) is 19.8 Å². The average molecular weight is 280 g/mol. The summed E-state index contributed by atoms with van der Waals surface area (Å²) in [5.41, 5.74) is -0.491. The molecule has 0 N–H and O–H groups in total. The summed E-state index contributed by atoms with van der Waals surface area (Å²) in [6.07, 6.45) is -2.11. The quantitative estimate of drug-likeness (QED) is 0.778. The molecule has 0 saturated heterocycles. The molecule has 4 nitrogen and oxygen atoms in total. The number of hydrogen-bond acceptors (Lipinski definition) is 4. The maximum atomic E-state index is 12.9. The lowest BCUT2D eigenvalue weighted by molar-refractivity contribution is -0.142. The summed E-state index contributed by atoms with van der Waals surface area (Å²) in [5, 5.41) is -0.204. The van der Waals surface area contributed by atoms with Gasteiger partial charge in [0.25, 0.3) is 6.43 Å². The van der Waals surface area contributed by atoms with Crippen LogP contribution in [-0.2, 0) is 16.0 Å². The summed E-state index contributed by atoms with van der Waals surface area (Å²) in [5.74, 6) is -0.690. The summed E-state index contributed by atoms with van der Waals surface area (Å²) >= 11 is 5.66. The van der Waals surface area contributed by atoms with Crippen LogP contribution in [0.3, 0.4) is 0 Å². The third kappa shape index (κ3) is 3.29. The molecule has 100 valence electrons. The first-order chi connectivity index (χ1) is 8.51. The molecule has 0 aliphatic heterocycles. The lowest BCUT2D eigenvalue weighted by Gasteiger charge is -2.13. The molecule has 0 radical (unpaired) electrons. The van der Waals surface area contributed by atoms with Crippen LogP contribution in [0.5, 0.6) is 5.88 Å². The van der Waals surface area contributed by atoms with Gasteiger partial charge >= 0.3 is 5.97 Å². The lowest BCUT2D eigenvalue weighted by Crippen LogP contribution is -2.12. The van der Waals surface area contributed by atoms with Gasteiger partial charge in [-0.2, -0.15) is 0 Å². The van der Waals surface area contributed by atoms with Crippen LogP contribution in [0.25, 0.3) is 0 Å². The highest BCUT2D eigenvalue weighted by molar-refractivity contribution is 6.31. The zero-order valence-corrected chi connectivity index (χ0v) is 10.6. The highest BCUT2D eigenvalue weighted by atomic mass is 35.5. The van der Waals surface area contributed by atoms with Crippen molar-refractivity contribution in [3.05, 3.63) is 22.3 Å². The second-order valence-corrected chi connectivity index (χ2v) is 3.70. The number of pyridine rings is 1. The van der Waals surface area contributed by atoms with Crippen LogP contribution in [0, 0.1) is 0 Å². The molecule has 1 heterocycles. The molecule has 0 amide bonds. The third-order valence-electron chi connectivity index (χ3n) is 2.17. The second-order valence-electron chi connectivity index (χ2n) is 3.29. The Morgan fingerprint density at radius 1 is 1.56 bits per heavy atom. The van der Waals surface area contributed by atoms with Crippen molar-refractivity contribution in [1.29, 1.82) is 0 Å². The number of ether oxygens (including phenoxy) is 2. The summed E-state index contributed by atoms with van der Waals surface area (Å²) in [4.78, 5) is 15.1. The van der Waals surface area contributed by atoms with Gasteiger partial charge in [-0.15, -0.1) is 0 Å². The lowest BCUT2D eigenvalue weighted by atomic mass is 10.1. The molecule has 1 aromatic heterocycles. The Hall–Kier alpha value is -1.43. The van der Waals surface area contributed by atoms with Gasteiger partial charge in [-0.25, -0.2) is 13.8 Å². The van der Waals surface area contributed by atoms with Crippen LogP contribution in [0.15, 0.2) is 6.20 Å². The van der Waals surface area contributed by atoms with Crippen LogP contribution in [-0.4, -0.2) is 24.7 Å². The zero-order chi connectivity index (χ0) is 13.7. The van der Waals surface area contributed by atoms with Gasteiger partial charge in [0.1, 0.15) is 0 Å². The number of nitrogens with zero attached hydrogens (tertiary/aromatic N) is 1. The Morgan fingerprint density at radius 2 is 2.22 bits per heavy atom. The number of esters is 1. The van der Waals surface area contributed by atoms with Crippen LogP contribution >= 0.6 is 11.6 Å². The smallest absolute Gasteiger partial charge is 0.310 e. The van der Waals surface area contributed by atoms with Gasteiger partial charge in [-0.1, -0.05) is 11.6 Å². The number of halogens is 3. The van der Waals surface area contributed by atoms with E-state index in [-0.39, 0.29) is 29.5 Å². The van der Waals surface area contributed by atoms with E-state index in [1.165, 1.54) is 7.11 Å². The minimum absolute atomic E-state index is 0.0431. The molecule has 0 spiro atoms. The third-order valence-corrected chi connectivity index (χ3v) is 2.47. The minimum atomic E-state index is -2.82. The normalized spacial score (nSPS) is 10.6. The van der Waals surface area contributed by atoms with Gasteiger partial charge < -0.3 is 9.47 Å². The largest absolute Gasteiger partial charge is 0.481 e. The number of aromatic nitrogens is 1. The Labute approximate surface area is 108 Å². The summed E-state index contributed by atoms with van der Waals surface area (Å²) in [7, 11) is 1.28. The van der Waals surface area contributed by atoms with Crippen molar-refractivity contribution in [3.63, 3.8) is 0 Å². The fourth-order valence-corrected chi connectivity index (χ4v) is 1.71. The van der Waals surface area contributed by atoms with Gasteiger partial charge in [-0.3, -0.25) is 4.79 Å². The monoisotopic (exact) mass is 279 g/mol. The summed E-state index contributed by atoms with van der Waals surface area (Å²) in [6.45, 7) is 1.79. The van der Waals surface area contributed by atoms with Gasteiger partial charge in [0.15, 0.2) is 0 Å². The van der Waals surface area contributed by atoms with E-state index >= 15 is 0 Å². The fourth-order valence-electron chi connectivity index (χ4n) is 1.46. The van der Waals surface area contributed by atoms with Gasteiger partial charge in [0.2, 0.25) is 5.88 Å². The molecule has 0 fully saturated rings. The topological polar surface area (TPSA) is 48.4 Å². The molecule has 7 heteroatoms. The first-order valence-electron chi connectivity index (χ1n) is 5.16. The number of carbonyl (C=O) groups is 1. The SMILES string of the molecule is CCOC(=O)Cc1c(OC)ncc(Cl)c1C(F)F.